The summed E-state index contributed by atoms with van der Waals surface area (Å²) in [5.41, 5.74) is 1.34. The fourth-order valence-electron chi connectivity index (χ4n) is 5.05. The zero-order valence-electron chi connectivity index (χ0n) is 14.7. The Hall–Kier alpha value is -1.39. The number of rotatable bonds is 5. The molecule has 1 N–H and O–H groups in total. The van der Waals surface area contributed by atoms with Gasteiger partial charge in [0.05, 0.1) is 6.10 Å². The minimum absolute atomic E-state index is 0.169. The van der Waals surface area contributed by atoms with Gasteiger partial charge in [-0.1, -0.05) is 24.6 Å². The number of carbonyl (C=O) groups is 1. The number of nitrogens with one attached hydrogen (secondary N) is 1. The van der Waals surface area contributed by atoms with Crippen LogP contribution in [0.1, 0.15) is 39.0 Å². The fourth-order valence-corrected chi connectivity index (χ4v) is 5.05. The summed E-state index contributed by atoms with van der Waals surface area (Å²) in [6, 6.07) is 10.6. The van der Waals surface area contributed by atoms with Gasteiger partial charge in [0, 0.05) is 49.2 Å². The number of hydrogen-bond acceptors (Lipinski definition) is 3. The number of benzene rings is 1. The summed E-state index contributed by atoms with van der Waals surface area (Å²) in [7, 11) is 1.86. The summed E-state index contributed by atoms with van der Waals surface area (Å²) >= 11 is 0. The van der Waals surface area contributed by atoms with Crippen LogP contribution in [0.15, 0.2) is 30.3 Å². The van der Waals surface area contributed by atoms with Gasteiger partial charge in [-0.15, -0.1) is 0 Å². The maximum Gasteiger partial charge on any atom is 0.228 e. The molecule has 1 aromatic carbocycles. The van der Waals surface area contributed by atoms with Crippen molar-refractivity contribution < 1.29 is 9.53 Å². The Kier molecular flexibility index (Phi) is 4.13. The van der Waals surface area contributed by atoms with Crippen LogP contribution in [0.3, 0.4) is 0 Å². The number of ether oxygens (including phenoxy) is 1. The van der Waals surface area contributed by atoms with E-state index in [1.54, 1.807) is 4.90 Å². The number of nitrogens with zero attached hydrogens (tertiary/aromatic N) is 1. The van der Waals surface area contributed by atoms with Crippen molar-refractivity contribution in [3.05, 3.63) is 30.3 Å². The van der Waals surface area contributed by atoms with Gasteiger partial charge in [0.1, 0.15) is 0 Å². The van der Waals surface area contributed by atoms with Gasteiger partial charge in [0.2, 0.25) is 5.91 Å². The highest BCUT2D eigenvalue weighted by molar-refractivity contribution is 5.93. The second-order valence-corrected chi connectivity index (χ2v) is 7.87. The topological polar surface area (TPSA) is 41.6 Å². The summed E-state index contributed by atoms with van der Waals surface area (Å²) in [5.74, 6) is 0.831. The monoisotopic (exact) mass is 328 g/mol. The molecule has 1 heterocycles. The second-order valence-electron chi connectivity index (χ2n) is 7.87. The van der Waals surface area contributed by atoms with E-state index in [4.69, 9.17) is 4.74 Å². The van der Waals surface area contributed by atoms with Gasteiger partial charge < -0.3 is 15.0 Å². The zero-order chi connectivity index (χ0) is 16.7. The van der Waals surface area contributed by atoms with Crippen molar-refractivity contribution in [2.45, 2.75) is 57.2 Å². The van der Waals surface area contributed by atoms with E-state index in [-0.39, 0.29) is 11.9 Å². The maximum absolute atomic E-state index is 12.6. The average Bonchev–Trinajstić information content (AvgIpc) is 2.96. The number of anilines is 1. The van der Waals surface area contributed by atoms with E-state index >= 15 is 0 Å². The number of fused-ring (bicyclic) bond motifs is 2. The van der Waals surface area contributed by atoms with Gasteiger partial charge in [0.25, 0.3) is 0 Å². The molecule has 2 saturated carbocycles. The Morgan fingerprint density at radius 1 is 1.38 bits per heavy atom. The number of carbonyl (C=O) groups excluding carboxylic acids is 1. The third kappa shape index (κ3) is 2.47. The quantitative estimate of drug-likeness (QED) is 0.903. The van der Waals surface area contributed by atoms with Crippen LogP contribution in [0.25, 0.3) is 0 Å². The van der Waals surface area contributed by atoms with Crippen molar-refractivity contribution in [2.24, 2.45) is 11.3 Å². The Balaban J connectivity index is 1.35. The molecule has 4 atom stereocenters. The van der Waals surface area contributed by atoms with E-state index in [0.717, 1.165) is 12.3 Å². The third-order valence-electron chi connectivity index (χ3n) is 6.50. The highest BCUT2D eigenvalue weighted by atomic mass is 16.5. The number of hydrogen-bond donors (Lipinski definition) is 1. The van der Waals surface area contributed by atoms with E-state index in [1.165, 1.54) is 25.7 Å². The van der Waals surface area contributed by atoms with Crippen LogP contribution in [0.4, 0.5) is 5.69 Å². The number of amides is 1. The molecule has 2 aliphatic carbocycles. The molecule has 0 aromatic heterocycles. The lowest BCUT2D eigenvalue weighted by molar-refractivity contribution is -0.178. The van der Waals surface area contributed by atoms with Gasteiger partial charge in [0.15, 0.2) is 0 Å². The summed E-state index contributed by atoms with van der Waals surface area (Å²) < 4.78 is 5.98. The fraction of sp³-hybridized carbons (Fsp3) is 0.650. The molecule has 1 aromatic rings. The lowest BCUT2D eigenvalue weighted by Crippen LogP contribution is -2.72. The molecule has 4 heteroatoms. The third-order valence-corrected chi connectivity index (χ3v) is 6.50. The Morgan fingerprint density at radius 3 is 2.79 bits per heavy atom. The van der Waals surface area contributed by atoms with Crippen LogP contribution in [0, 0.1) is 11.3 Å². The summed E-state index contributed by atoms with van der Waals surface area (Å²) in [6.45, 7) is 3.06. The SMILES string of the molecule is C[C@H](CC(=O)N(C)c1ccccc1)N[C@@H]1[C@H]2CCO[C@H]2C12CCC2. The average molecular weight is 328 g/mol. The highest BCUT2D eigenvalue weighted by Gasteiger charge is 2.66. The smallest absolute Gasteiger partial charge is 0.228 e. The van der Waals surface area contributed by atoms with Crippen LogP contribution in [0.5, 0.6) is 0 Å². The number of para-hydroxylation sites is 1. The lowest BCUT2D eigenvalue weighted by atomic mass is 9.46. The molecule has 1 amide bonds. The Labute approximate surface area is 144 Å². The molecule has 3 fully saturated rings. The summed E-state index contributed by atoms with van der Waals surface area (Å²) in [5, 5.41) is 3.79. The molecule has 0 unspecified atom stereocenters. The molecule has 0 radical (unpaired) electrons. The first kappa shape index (κ1) is 16.1. The molecule has 1 saturated heterocycles. The van der Waals surface area contributed by atoms with E-state index in [0.29, 0.717) is 29.9 Å². The lowest BCUT2D eigenvalue weighted by Gasteiger charge is -2.64. The predicted octanol–water partition coefficient (Wildman–Crippen LogP) is 2.98. The molecule has 130 valence electrons. The van der Waals surface area contributed by atoms with Crippen LogP contribution in [-0.4, -0.2) is 37.7 Å². The molecular weight excluding hydrogens is 300 g/mol. The molecule has 0 bridgehead atoms. The zero-order valence-corrected chi connectivity index (χ0v) is 14.7. The second kappa shape index (κ2) is 6.16. The van der Waals surface area contributed by atoms with Crippen molar-refractivity contribution in [3.8, 4) is 0 Å². The molecular formula is C20H28N2O2. The predicted molar refractivity (Wildman–Crippen MR) is 95.0 cm³/mol. The van der Waals surface area contributed by atoms with Crippen molar-refractivity contribution in [2.75, 3.05) is 18.6 Å². The molecule has 1 aliphatic heterocycles. The molecule has 1 spiro atoms. The van der Waals surface area contributed by atoms with Gasteiger partial charge >= 0.3 is 0 Å². The first-order valence-corrected chi connectivity index (χ1v) is 9.31. The van der Waals surface area contributed by atoms with E-state index < -0.39 is 0 Å². The van der Waals surface area contributed by atoms with Crippen LogP contribution < -0.4 is 10.2 Å². The molecule has 3 aliphatic rings. The van der Waals surface area contributed by atoms with Crippen molar-refractivity contribution in [1.82, 2.24) is 5.32 Å². The van der Waals surface area contributed by atoms with Crippen molar-refractivity contribution >= 4 is 11.6 Å². The maximum atomic E-state index is 12.6. The molecule has 4 nitrogen and oxygen atoms in total. The van der Waals surface area contributed by atoms with E-state index in [2.05, 4.69) is 12.2 Å². The van der Waals surface area contributed by atoms with Crippen molar-refractivity contribution in [3.63, 3.8) is 0 Å². The largest absolute Gasteiger partial charge is 0.377 e. The molecule has 24 heavy (non-hydrogen) atoms. The Bertz CT molecular complexity index is 599. The van der Waals surface area contributed by atoms with Gasteiger partial charge in [-0.2, -0.15) is 0 Å². The highest BCUT2D eigenvalue weighted by Crippen LogP contribution is 2.62. The van der Waals surface area contributed by atoms with Crippen LogP contribution in [-0.2, 0) is 9.53 Å². The standard InChI is InChI=1S/C20H28N2O2/c1-14(13-17(23)22(2)15-7-4-3-5-8-15)21-18-16-9-12-24-19(16)20(18)10-6-11-20/h3-5,7-8,14,16,18-19,21H,6,9-13H2,1-2H3/t14-,16-,18-,19-/m1/s1. The van der Waals surface area contributed by atoms with Gasteiger partial charge in [-0.05, 0) is 38.3 Å². The normalized spacial score (nSPS) is 31.0. The van der Waals surface area contributed by atoms with Crippen molar-refractivity contribution in [1.29, 1.82) is 0 Å². The first-order valence-electron chi connectivity index (χ1n) is 9.31. The minimum Gasteiger partial charge on any atom is -0.377 e. The minimum atomic E-state index is 0.169. The summed E-state index contributed by atoms with van der Waals surface area (Å²) in [6.07, 6.45) is 6.10. The summed E-state index contributed by atoms with van der Waals surface area (Å²) in [4.78, 5) is 14.3. The first-order chi connectivity index (χ1) is 11.6. The van der Waals surface area contributed by atoms with Crippen LogP contribution in [0.2, 0.25) is 0 Å². The van der Waals surface area contributed by atoms with E-state index in [9.17, 15) is 4.79 Å². The molecule has 4 rings (SSSR count). The van der Waals surface area contributed by atoms with Gasteiger partial charge in [-0.25, -0.2) is 0 Å². The van der Waals surface area contributed by atoms with E-state index in [1.807, 2.05) is 37.4 Å². The Morgan fingerprint density at radius 2 is 2.12 bits per heavy atom. The van der Waals surface area contributed by atoms with Gasteiger partial charge in [-0.3, -0.25) is 4.79 Å². The van der Waals surface area contributed by atoms with Crippen LogP contribution >= 0.6 is 0 Å².